The van der Waals surface area contributed by atoms with E-state index < -0.39 is 5.97 Å². The van der Waals surface area contributed by atoms with E-state index in [0.29, 0.717) is 25.9 Å². The first-order valence-corrected chi connectivity index (χ1v) is 7.81. The Labute approximate surface area is 126 Å². The van der Waals surface area contributed by atoms with Crippen LogP contribution in [0.2, 0.25) is 0 Å². The summed E-state index contributed by atoms with van der Waals surface area (Å²) in [5, 5.41) is 9.17. The SMILES string of the molecule is CC1(C)CN(C(=O)C2CCCC(C(=O)O)C2)CC(C)(C)O1. The lowest BCUT2D eigenvalue weighted by molar-refractivity contribution is -0.190. The van der Waals surface area contributed by atoms with Crippen molar-refractivity contribution in [3.8, 4) is 0 Å². The predicted octanol–water partition coefficient (Wildman–Crippen LogP) is 2.29. The van der Waals surface area contributed by atoms with Crippen molar-refractivity contribution < 1.29 is 19.4 Å². The van der Waals surface area contributed by atoms with Gasteiger partial charge in [0.1, 0.15) is 0 Å². The van der Waals surface area contributed by atoms with Crippen molar-refractivity contribution in [1.82, 2.24) is 4.90 Å². The van der Waals surface area contributed by atoms with Crippen LogP contribution in [0, 0.1) is 11.8 Å². The zero-order valence-electron chi connectivity index (χ0n) is 13.5. The molecule has 2 fully saturated rings. The van der Waals surface area contributed by atoms with Crippen LogP contribution in [0.4, 0.5) is 0 Å². The second-order valence-electron chi connectivity index (χ2n) is 7.71. The molecular formula is C16H27NO4. The molecule has 120 valence electrons. The van der Waals surface area contributed by atoms with Crippen LogP contribution < -0.4 is 0 Å². The molecule has 1 amide bonds. The van der Waals surface area contributed by atoms with Crippen molar-refractivity contribution in [3.63, 3.8) is 0 Å². The van der Waals surface area contributed by atoms with Gasteiger partial charge >= 0.3 is 5.97 Å². The van der Waals surface area contributed by atoms with Gasteiger partial charge in [-0.15, -0.1) is 0 Å². The van der Waals surface area contributed by atoms with Gasteiger partial charge in [-0.1, -0.05) is 6.42 Å². The summed E-state index contributed by atoms with van der Waals surface area (Å²) >= 11 is 0. The van der Waals surface area contributed by atoms with E-state index in [2.05, 4.69) is 0 Å². The van der Waals surface area contributed by atoms with Gasteiger partial charge in [0, 0.05) is 19.0 Å². The van der Waals surface area contributed by atoms with Gasteiger partial charge in [0.2, 0.25) is 5.91 Å². The minimum Gasteiger partial charge on any atom is -0.481 e. The highest BCUT2D eigenvalue weighted by molar-refractivity contribution is 5.80. The Morgan fingerprint density at radius 3 is 2.10 bits per heavy atom. The third-order valence-corrected chi connectivity index (χ3v) is 4.38. The number of carboxylic acid groups (broad SMARTS) is 1. The number of aliphatic carboxylic acids is 1. The van der Waals surface area contributed by atoms with Gasteiger partial charge in [-0.25, -0.2) is 0 Å². The number of ether oxygens (including phenoxy) is 1. The quantitative estimate of drug-likeness (QED) is 0.849. The second-order valence-corrected chi connectivity index (χ2v) is 7.71. The maximum Gasteiger partial charge on any atom is 0.306 e. The number of hydrogen-bond acceptors (Lipinski definition) is 3. The lowest BCUT2D eigenvalue weighted by atomic mass is 9.80. The number of carbonyl (C=O) groups excluding carboxylic acids is 1. The third kappa shape index (κ3) is 3.96. The molecule has 0 bridgehead atoms. The largest absolute Gasteiger partial charge is 0.481 e. The van der Waals surface area contributed by atoms with Crippen LogP contribution >= 0.6 is 0 Å². The van der Waals surface area contributed by atoms with Gasteiger partial charge in [-0.05, 0) is 47.0 Å². The van der Waals surface area contributed by atoms with Crippen molar-refractivity contribution in [2.24, 2.45) is 11.8 Å². The molecule has 1 N–H and O–H groups in total. The molecule has 0 aromatic rings. The van der Waals surface area contributed by atoms with Crippen LogP contribution in [0.15, 0.2) is 0 Å². The maximum atomic E-state index is 12.8. The number of carbonyl (C=O) groups is 2. The molecule has 2 aliphatic rings. The molecule has 0 spiro atoms. The van der Waals surface area contributed by atoms with Crippen molar-refractivity contribution >= 4 is 11.9 Å². The Morgan fingerprint density at radius 2 is 1.57 bits per heavy atom. The predicted molar refractivity (Wildman–Crippen MR) is 78.9 cm³/mol. The van der Waals surface area contributed by atoms with E-state index in [1.54, 1.807) is 0 Å². The van der Waals surface area contributed by atoms with E-state index in [4.69, 9.17) is 9.84 Å². The number of carboxylic acids is 1. The molecule has 0 aromatic heterocycles. The van der Waals surface area contributed by atoms with E-state index in [9.17, 15) is 9.59 Å². The molecular weight excluding hydrogens is 270 g/mol. The van der Waals surface area contributed by atoms with Crippen LogP contribution in [0.25, 0.3) is 0 Å². The number of hydrogen-bond donors (Lipinski definition) is 1. The molecule has 2 unspecified atom stereocenters. The molecule has 1 heterocycles. The number of morpholine rings is 1. The Morgan fingerprint density at radius 1 is 1.05 bits per heavy atom. The van der Waals surface area contributed by atoms with Crippen LogP contribution in [0.1, 0.15) is 53.4 Å². The van der Waals surface area contributed by atoms with Crippen molar-refractivity contribution in [2.45, 2.75) is 64.6 Å². The molecule has 0 aromatic carbocycles. The summed E-state index contributed by atoms with van der Waals surface area (Å²) in [4.78, 5) is 25.8. The Balaban J connectivity index is 2.06. The molecule has 2 rings (SSSR count). The van der Waals surface area contributed by atoms with Crippen LogP contribution in [0.5, 0.6) is 0 Å². The molecule has 1 aliphatic heterocycles. The van der Waals surface area contributed by atoms with Crippen molar-refractivity contribution in [2.75, 3.05) is 13.1 Å². The van der Waals surface area contributed by atoms with Crippen molar-refractivity contribution in [3.05, 3.63) is 0 Å². The van der Waals surface area contributed by atoms with Crippen LogP contribution in [-0.2, 0) is 14.3 Å². The third-order valence-electron chi connectivity index (χ3n) is 4.38. The highest BCUT2D eigenvalue weighted by Gasteiger charge is 2.42. The fourth-order valence-electron chi connectivity index (χ4n) is 3.84. The fraction of sp³-hybridized carbons (Fsp3) is 0.875. The monoisotopic (exact) mass is 297 g/mol. The summed E-state index contributed by atoms with van der Waals surface area (Å²) in [6.45, 7) is 9.13. The van der Waals surface area contributed by atoms with Gasteiger partial charge in [0.25, 0.3) is 0 Å². The first-order valence-electron chi connectivity index (χ1n) is 7.81. The van der Waals surface area contributed by atoms with E-state index in [-0.39, 0.29) is 28.9 Å². The first kappa shape index (κ1) is 16.3. The van der Waals surface area contributed by atoms with Crippen LogP contribution in [0.3, 0.4) is 0 Å². The minimum absolute atomic E-state index is 0.102. The zero-order valence-corrected chi connectivity index (χ0v) is 13.5. The normalized spacial score (nSPS) is 31.7. The fourth-order valence-corrected chi connectivity index (χ4v) is 3.84. The van der Waals surface area contributed by atoms with E-state index in [0.717, 1.165) is 12.8 Å². The highest BCUT2D eigenvalue weighted by Crippen LogP contribution is 2.34. The zero-order chi connectivity index (χ0) is 15.8. The summed E-state index contributed by atoms with van der Waals surface area (Å²) in [5.74, 6) is -1.18. The van der Waals surface area contributed by atoms with Gasteiger partial charge in [-0.2, -0.15) is 0 Å². The summed E-state index contributed by atoms with van der Waals surface area (Å²) < 4.78 is 6.00. The molecule has 2 atom stereocenters. The van der Waals surface area contributed by atoms with Gasteiger partial charge in [-0.3, -0.25) is 9.59 Å². The maximum absolute atomic E-state index is 12.8. The minimum atomic E-state index is -0.768. The second kappa shape index (κ2) is 5.59. The average molecular weight is 297 g/mol. The lowest BCUT2D eigenvalue weighted by Gasteiger charge is -2.48. The Hall–Kier alpha value is -1.10. The molecule has 21 heavy (non-hydrogen) atoms. The average Bonchev–Trinajstić information content (AvgIpc) is 2.34. The van der Waals surface area contributed by atoms with Crippen LogP contribution in [-0.4, -0.2) is 46.2 Å². The number of nitrogens with zero attached hydrogens (tertiary/aromatic N) is 1. The molecule has 1 aliphatic carbocycles. The molecule has 0 radical (unpaired) electrons. The van der Waals surface area contributed by atoms with Gasteiger partial charge in [0.05, 0.1) is 17.1 Å². The summed E-state index contributed by atoms with van der Waals surface area (Å²) in [7, 11) is 0. The standard InChI is InChI=1S/C16H27NO4/c1-15(2)9-17(10-16(3,4)21-15)13(18)11-6-5-7-12(8-11)14(19)20/h11-12H,5-10H2,1-4H3,(H,19,20). The molecule has 1 saturated heterocycles. The Bertz CT molecular complexity index is 414. The smallest absolute Gasteiger partial charge is 0.306 e. The first-order chi connectivity index (χ1) is 9.60. The van der Waals surface area contributed by atoms with E-state index in [1.165, 1.54) is 0 Å². The van der Waals surface area contributed by atoms with Gasteiger partial charge < -0.3 is 14.7 Å². The molecule has 5 nitrogen and oxygen atoms in total. The van der Waals surface area contributed by atoms with E-state index in [1.807, 2.05) is 32.6 Å². The number of amides is 1. The molecule has 1 saturated carbocycles. The summed E-state index contributed by atoms with van der Waals surface area (Å²) in [6, 6.07) is 0. The van der Waals surface area contributed by atoms with Gasteiger partial charge in [0.15, 0.2) is 0 Å². The lowest BCUT2D eigenvalue weighted by Crippen LogP contribution is -2.59. The number of rotatable bonds is 2. The van der Waals surface area contributed by atoms with Crippen molar-refractivity contribution in [1.29, 1.82) is 0 Å². The highest BCUT2D eigenvalue weighted by atomic mass is 16.5. The molecule has 5 heteroatoms. The van der Waals surface area contributed by atoms with E-state index >= 15 is 0 Å². The Kier molecular flexibility index (Phi) is 4.34. The topological polar surface area (TPSA) is 66.8 Å². The summed E-state index contributed by atoms with van der Waals surface area (Å²) in [5.41, 5.74) is -0.726. The summed E-state index contributed by atoms with van der Waals surface area (Å²) in [6.07, 6.45) is 2.80.